The molecule has 0 bridgehead atoms. The summed E-state index contributed by atoms with van der Waals surface area (Å²) in [5.41, 5.74) is 0.525. The molecular weight excluding hydrogens is 390 g/mol. The van der Waals surface area contributed by atoms with Crippen LogP contribution < -0.4 is 10.1 Å². The molecule has 3 aromatic rings. The molecule has 0 aliphatic carbocycles. The molecular formula is C20H15F4N3O2. The van der Waals surface area contributed by atoms with E-state index in [2.05, 4.69) is 10.4 Å². The van der Waals surface area contributed by atoms with Crippen LogP contribution in [0.1, 0.15) is 18.2 Å². The standard InChI is InChI=1S/C20H15F4N3O2/c1-10-7-13(21)4-5-15(10)27-16(9-18(26-27)20(22,23)24)12-3-6-17-14(8-12)25-19(28)11(2)29-17/h3-9,11H,1-2H3,(H,25,28). The number of carbonyl (C=O) groups excluding carboxylic acids is 1. The Morgan fingerprint density at radius 2 is 1.90 bits per heavy atom. The first-order valence-corrected chi connectivity index (χ1v) is 8.69. The third-order valence-electron chi connectivity index (χ3n) is 4.59. The number of aryl methyl sites for hydroxylation is 1. The molecule has 1 atom stereocenters. The third kappa shape index (κ3) is 3.43. The Morgan fingerprint density at radius 1 is 1.14 bits per heavy atom. The molecule has 1 aliphatic rings. The molecule has 1 N–H and O–H groups in total. The highest BCUT2D eigenvalue weighted by Crippen LogP contribution is 2.37. The molecule has 0 fully saturated rings. The Hall–Kier alpha value is -3.36. The topological polar surface area (TPSA) is 56.2 Å². The predicted molar refractivity (Wildman–Crippen MR) is 97.4 cm³/mol. The van der Waals surface area contributed by atoms with E-state index in [1.165, 1.54) is 18.2 Å². The number of amides is 1. The molecule has 0 saturated carbocycles. The van der Waals surface area contributed by atoms with Crippen molar-refractivity contribution in [2.24, 2.45) is 0 Å². The monoisotopic (exact) mass is 405 g/mol. The fourth-order valence-corrected chi connectivity index (χ4v) is 3.13. The zero-order valence-corrected chi connectivity index (χ0v) is 15.3. The highest BCUT2D eigenvalue weighted by atomic mass is 19.4. The van der Waals surface area contributed by atoms with E-state index in [0.717, 1.165) is 16.8 Å². The normalized spacial score (nSPS) is 16.2. The lowest BCUT2D eigenvalue weighted by molar-refractivity contribution is -0.141. The van der Waals surface area contributed by atoms with Crippen molar-refractivity contribution < 1.29 is 27.1 Å². The maximum atomic E-state index is 13.5. The van der Waals surface area contributed by atoms with Crippen LogP contribution in [0.5, 0.6) is 5.75 Å². The van der Waals surface area contributed by atoms with Crippen molar-refractivity contribution in [3.63, 3.8) is 0 Å². The van der Waals surface area contributed by atoms with Gasteiger partial charge >= 0.3 is 6.18 Å². The van der Waals surface area contributed by atoms with E-state index in [-0.39, 0.29) is 11.6 Å². The van der Waals surface area contributed by atoms with Crippen molar-refractivity contribution >= 4 is 11.6 Å². The number of carbonyl (C=O) groups is 1. The van der Waals surface area contributed by atoms with Crippen LogP contribution in [0.25, 0.3) is 16.9 Å². The fourth-order valence-electron chi connectivity index (χ4n) is 3.13. The lowest BCUT2D eigenvalue weighted by Gasteiger charge is -2.23. The Bertz CT molecular complexity index is 1120. The van der Waals surface area contributed by atoms with Gasteiger partial charge < -0.3 is 10.1 Å². The highest BCUT2D eigenvalue weighted by molar-refractivity contribution is 5.98. The average Bonchev–Trinajstić information content (AvgIpc) is 3.08. The molecule has 9 heteroatoms. The number of anilines is 1. The number of benzene rings is 2. The first-order valence-electron chi connectivity index (χ1n) is 8.69. The summed E-state index contributed by atoms with van der Waals surface area (Å²) in [6.45, 7) is 3.17. The number of nitrogens with zero attached hydrogens (tertiary/aromatic N) is 2. The van der Waals surface area contributed by atoms with Crippen LogP contribution in [0, 0.1) is 12.7 Å². The summed E-state index contributed by atoms with van der Waals surface area (Å²) in [5.74, 6) is -0.437. The zero-order valence-electron chi connectivity index (χ0n) is 15.3. The van der Waals surface area contributed by atoms with Crippen LogP contribution in [-0.4, -0.2) is 21.8 Å². The van der Waals surface area contributed by atoms with E-state index >= 15 is 0 Å². The zero-order chi connectivity index (χ0) is 20.9. The van der Waals surface area contributed by atoms with Crippen LogP contribution >= 0.6 is 0 Å². The van der Waals surface area contributed by atoms with E-state index in [1.807, 2.05) is 0 Å². The van der Waals surface area contributed by atoms with E-state index in [0.29, 0.717) is 28.3 Å². The summed E-state index contributed by atoms with van der Waals surface area (Å²) >= 11 is 0. The van der Waals surface area contributed by atoms with Gasteiger partial charge in [0, 0.05) is 5.56 Å². The summed E-state index contributed by atoms with van der Waals surface area (Å²) < 4.78 is 60.1. The number of alkyl halides is 3. The first kappa shape index (κ1) is 19.0. The summed E-state index contributed by atoms with van der Waals surface area (Å²) in [4.78, 5) is 11.9. The van der Waals surface area contributed by atoms with Crippen LogP contribution in [0.2, 0.25) is 0 Å². The van der Waals surface area contributed by atoms with Gasteiger partial charge in [0.1, 0.15) is 11.6 Å². The van der Waals surface area contributed by atoms with Gasteiger partial charge in [-0.2, -0.15) is 18.3 Å². The summed E-state index contributed by atoms with van der Waals surface area (Å²) in [7, 11) is 0. The van der Waals surface area contributed by atoms with Gasteiger partial charge in [0.05, 0.1) is 17.1 Å². The van der Waals surface area contributed by atoms with Crippen LogP contribution in [-0.2, 0) is 11.0 Å². The van der Waals surface area contributed by atoms with E-state index < -0.39 is 23.8 Å². The van der Waals surface area contributed by atoms with Gasteiger partial charge in [0.2, 0.25) is 0 Å². The minimum absolute atomic E-state index is 0.141. The summed E-state index contributed by atoms with van der Waals surface area (Å²) in [5, 5.41) is 6.38. The van der Waals surface area contributed by atoms with Gasteiger partial charge in [0.15, 0.2) is 11.8 Å². The molecule has 1 unspecified atom stereocenters. The van der Waals surface area contributed by atoms with Crippen molar-refractivity contribution in [1.82, 2.24) is 9.78 Å². The minimum Gasteiger partial charge on any atom is -0.479 e. The number of aromatic nitrogens is 2. The number of hydrogen-bond donors (Lipinski definition) is 1. The van der Waals surface area contributed by atoms with Crippen LogP contribution in [0.3, 0.4) is 0 Å². The van der Waals surface area contributed by atoms with Gasteiger partial charge in [-0.3, -0.25) is 4.79 Å². The van der Waals surface area contributed by atoms with Crippen LogP contribution in [0.15, 0.2) is 42.5 Å². The van der Waals surface area contributed by atoms with Crippen molar-refractivity contribution in [3.8, 4) is 22.7 Å². The third-order valence-corrected chi connectivity index (χ3v) is 4.59. The van der Waals surface area contributed by atoms with E-state index in [1.54, 1.807) is 26.0 Å². The number of hydrogen-bond acceptors (Lipinski definition) is 3. The molecule has 2 heterocycles. The number of ether oxygens (including phenoxy) is 1. The molecule has 0 spiro atoms. The Kier molecular flexibility index (Phi) is 4.33. The van der Waals surface area contributed by atoms with Crippen molar-refractivity contribution in [2.75, 3.05) is 5.32 Å². The Labute approximate surface area is 162 Å². The quantitative estimate of drug-likeness (QED) is 0.628. The fraction of sp³-hybridized carbons (Fsp3) is 0.200. The minimum atomic E-state index is -4.66. The smallest absolute Gasteiger partial charge is 0.435 e. The largest absolute Gasteiger partial charge is 0.479 e. The van der Waals surface area contributed by atoms with Crippen molar-refractivity contribution in [3.05, 3.63) is 59.5 Å². The van der Waals surface area contributed by atoms with Crippen LogP contribution in [0.4, 0.5) is 23.2 Å². The first-order chi connectivity index (χ1) is 13.6. The van der Waals surface area contributed by atoms with E-state index in [9.17, 15) is 22.4 Å². The lowest BCUT2D eigenvalue weighted by atomic mass is 10.1. The molecule has 0 saturated heterocycles. The summed E-state index contributed by atoms with van der Waals surface area (Å²) in [6, 6.07) is 9.33. The van der Waals surface area contributed by atoms with Gasteiger partial charge in [-0.25, -0.2) is 9.07 Å². The molecule has 0 radical (unpaired) electrons. The molecule has 4 rings (SSSR count). The maximum absolute atomic E-state index is 13.5. The predicted octanol–water partition coefficient (Wildman–Crippen LogP) is 4.73. The molecule has 1 aromatic heterocycles. The van der Waals surface area contributed by atoms with Crippen molar-refractivity contribution in [1.29, 1.82) is 0 Å². The van der Waals surface area contributed by atoms with Gasteiger partial charge in [-0.1, -0.05) is 0 Å². The number of rotatable bonds is 2. The van der Waals surface area contributed by atoms with Crippen molar-refractivity contribution in [2.45, 2.75) is 26.1 Å². The molecule has 1 amide bonds. The Morgan fingerprint density at radius 3 is 2.59 bits per heavy atom. The molecule has 2 aromatic carbocycles. The SMILES string of the molecule is Cc1cc(F)ccc1-n1nc(C(F)(F)F)cc1-c1ccc2c(c1)NC(=O)C(C)O2. The van der Waals surface area contributed by atoms with Gasteiger partial charge in [0.25, 0.3) is 5.91 Å². The number of halogens is 4. The van der Waals surface area contributed by atoms with E-state index in [4.69, 9.17) is 4.74 Å². The number of nitrogens with one attached hydrogen (secondary N) is 1. The number of fused-ring (bicyclic) bond motifs is 1. The average molecular weight is 405 g/mol. The van der Waals surface area contributed by atoms with Gasteiger partial charge in [-0.15, -0.1) is 0 Å². The second kappa shape index (κ2) is 6.61. The second-order valence-electron chi connectivity index (χ2n) is 6.72. The molecule has 5 nitrogen and oxygen atoms in total. The molecule has 1 aliphatic heterocycles. The second-order valence-corrected chi connectivity index (χ2v) is 6.72. The lowest BCUT2D eigenvalue weighted by Crippen LogP contribution is -2.34. The Balaban J connectivity index is 1.88. The maximum Gasteiger partial charge on any atom is 0.435 e. The molecule has 29 heavy (non-hydrogen) atoms. The highest BCUT2D eigenvalue weighted by Gasteiger charge is 2.35. The van der Waals surface area contributed by atoms with Gasteiger partial charge in [-0.05, 0) is 61.9 Å². The summed E-state index contributed by atoms with van der Waals surface area (Å²) in [6.07, 6.45) is -5.33. The molecule has 150 valence electrons.